The average molecular weight is 402 g/mol. The van der Waals surface area contributed by atoms with E-state index in [9.17, 15) is 18.5 Å². The Balaban J connectivity index is 1.86. The molecule has 0 heterocycles. The summed E-state index contributed by atoms with van der Waals surface area (Å²) in [6.07, 6.45) is 0. The van der Waals surface area contributed by atoms with E-state index in [2.05, 4.69) is 4.72 Å². The Morgan fingerprint density at radius 3 is 2.36 bits per heavy atom. The maximum absolute atomic E-state index is 12.7. The van der Waals surface area contributed by atoms with Gasteiger partial charge in [0.2, 0.25) is 10.0 Å². The van der Waals surface area contributed by atoms with Gasteiger partial charge in [-0.15, -0.1) is 0 Å². The fourth-order valence-corrected chi connectivity index (χ4v) is 3.96. The summed E-state index contributed by atoms with van der Waals surface area (Å²) in [6, 6.07) is 14.6. The van der Waals surface area contributed by atoms with E-state index in [4.69, 9.17) is 9.47 Å². The predicted molar refractivity (Wildman–Crippen MR) is 104 cm³/mol. The van der Waals surface area contributed by atoms with Crippen LogP contribution in [0.2, 0.25) is 0 Å². The van der Waals surface area contributed by atoms with Crippen molar-refractivity contribution in [2.45, 2.75) is 11.4 Å². The van der Waals surface area contributed by atoms with Gasteiger partial charge in [-0.1, -0.05) is 18.2 Å². The Kier molecular flexibility index (Phi) is 5.48. The Morgan fingerprint density at radius 2 is 1.68 bits per heavy atom. The van der Waals surface area contributed by atoms with Crippen LogP contribution in [-0.2, 0) is 16.6 Å². The molecule has 0 fully saturated rings. The summed E-state index contributed by atoms with van der Waals surface area (Å²) < 4.78 is 38.1. The maximum Gasteiger partial charge on any atom is 0.271 e. The van der Waals surface area contributed by atoms with Crippen LogP contribution in [0.25, 0.3) is 10.8 Å². The molecule has 0 saturated carbocycles. The predicted octanol–water partition coefficient (Wildman–Crippen LogP) is 3.24. The highest BCUT2D eigenvalue weighted by Gasteiger charge is 2.23. The maximum atomic E-state index is 12.7. The molecule has 146 valence electrons. The van der Waals surface area contributed by atoms with E-state index >= 15 is 0 Å². The smallest absolute Gasteiger partial charge is 0.271 e. The molecule has 0 aliphatic rings. The molecular weight excluding hydrogens is 384 g/mol. The molecule has 0 atom stereocenters. The van der Waals surface area contributed by atoms with Crippen molar-refractivity contribution in [3.63, 3.8) is 0 Å². The molecule has 0 aromatic heterocycles. The van der Waals surface area contributed by atoms with Gasteiger partial charge in [0.1, 0.15) is 16.4 Å². The third-order valence-electron chi connectivity index (χ3n) is 4.23. The van der Waals surface area contributed by atoms with Gasteiger partial charge in [-0.25, -0.2) is 13.1 Å². The fourth-order valence-electron chi connectivity index (χ4n) is 2.76. The molecule has 0 spiro atoms. The normalized spacial score (nSPS) is 11.4. The lowest BCUT2D eigenvalue weighted by Gasteiger charge is -2.11. The van der Waals surface area contributed by atoms with Crippen LogP contribution >= 0.6 is 0 Å². The van der Waals surface area contributed by atoms with Crippen LogP contribution in [0.3, 0.4) is 0 Å². The van der Waals surface area contributed by atoms with Crippen LogP contribution in [0, 0.1) is 10.1 Å². The molecule has 0 aliphatic carbocycles. The molecule has 3 aromatic carbocycles. The minimum absolute atomic E-state index is 0.0240. The van der Waals surface area contributed by atoms with Gasteiger partial charge >= 0.3 is 0 Å². The highest BCUT2D eigenvalue weighted by Crippen LogP contribution is 2.28. The second-order valence-corrected chi connectivity index (χ2v) is 7.70. The Morgan fingerprint density at radius 1 is 0.964 bits per heavy atom. The molecular formula is C19H18N2O6S. The summed E-state index contributed by atoms with van der Waals surface area (Å²) in [7, 11) is -1.13. The van der Waals surface area contributed by atoms with Crippen molar-refractivity contribution < 1.29 is 22.8 Å². The molecule has 3 rings (SSSR count). The second kappa shape index (κ2) is 7.83. The molecule has 0 unspecified atom stereocenters. The fraction of sp³-hybridized carbons (Fsp3) is 0.158. The number of rotatable bonds is 7. The van der Waals surface area contributed by atoms with E-state index in [1.165, 1.54) is 19.2 Å². The van der Waals surface area contributed by atoms with Crippen molar-refractivity contribution in [1.82, 2.24) is 4.72 Å². The topological polar surface area (TPSA) is 108 Å². The van der Waals surface area contributed by atoms with Gasteiger partial charge in [0, 0.05) is 18.7 Å². The lowest BCUT2D eigenvalue weighted by molar-refractivity contribution is -0.385. The van der Waals surface area contributed by atoms with E-state index in [1.54, 1.807) is 13.2 Å². The number of nitrogens with one attached hydrogen (secondary N) is 1. The number of non-ortho nitro benzene ring substituents is 1. The summed E-state index contributed by atoms with van der Waals surface area (Å²) in [4.78, 5) is 10.0. The second-order valence-electron chi connectivity index (χ2n) is 5.96. The average Bonchev–Trinajstić information content (AvgIpc) is 2.71. The number of hydrogen-bond donors (Lipinski definition) is 1. The van der Waals surface area contributed by atoms with E-state index in [-0.39, 0.29) is 22.9 Å². The number of nitrogens with zero attached hydrogens (tertiary/aromatic N) is 1. The summed E-state index contributed by atoms with van der Waals surface area (Å²) in [5.41, 5.74) is 0.409. The van der Waals surface area contributed by atoms with Crippen molar-refractivity contribution in [3.8, 4) is 11.5 Å². The SMILES string of the molecule is COc1ccc2cc(CNS(=O)(=O)c3cc([N+](=O)[O-])ccc3OC)ccc2c1. The molecule has 28 heavy (non-hydrogen) atoms. The molecule has 3 aromatic rings. The molecule has 0 amide bonds. The number of benzene rings is 3. The summed E-state index contributed by atoms with van der Waals surface area (Å²) >= 11 is 0. The largest absolute Gasteiger partial charge is 0.497 e. The van der Waals surface area contributed by atoms with Crippen LogP contribution in [0.4, 0.5) is 5.69 Å². The van der Waals surface area contributed by atoms with Gasteiger partial charge in [-0.3, -0.25) is 10.1 Å². The zero-order chi connectivity index (χ0) is 20.3. The van der Waals surface area contributed by atoms with Crippen molar-refractivity contribution in [2.24, 2.45) is 0 Å². The number of sulfonamides is 1. The first-order valence-corrected chi connectivity index (χ1v) is 9.71. The molecule has 0 bridgehead atoms. The summed E-state index contributed by atoms with van der Waals surface area (Å²) in [6.45, 7) is 0.0240. The van der Waals surface area contributed by atoms with Crippen LogP contribution in [0.5, 0.6) is 11.5 Å². The quantitative estimate of drug-likeness (QED) is 0.480. The van der Waals surface area contributed by atoms with Gasteiger partial charge in [0.05, 0.1) is 19.1 Å². The monoisotopic (exact) mass is 402 g/mol. The number of nitro groups is 1. The molecule has 8 nitrogen and oxygen atoms in total. The zero-order valence-electron chi connectivity index (χ0n) is 15.2. The van der Waals surface area contributed by atoms with Crippen LogP contribution in [0.15, 0.2) is 59.5 Å². The van der Waals surface area contributed by atoms with E-state index in [0.29, 0.717) is 0 Å². The lowest BCUT2D eigenvalue weighted by atomic mass is 10.1. The molecule has 0 radical (unpaired) electrons. The first kappa shape index (κ1) is 19.6. The van der Waals surface area contributed by atoms with E-state index in [0.717, 1.165) is 28.2 Å². The number of fused-ring (bicyclic) bond motifs is 1. The van der Waals surface area contributed by atoms with Crippen molar-refractivity contribution in [2.75, 3.05) is 14.2 Å². The minimum atomic E-state index is -4.02. The Labute approximate surface area is 161 Å². The van der Waals surface area contributed by atoms with Gasteiger partial charge in [0.15, 0.2) is 0 Å². The lowest BCUT2D eigenvalue weighted by Crippen LogP contribution is -2.23. The molecule has 1 N–H and O–H groups in total. The third kappa shape index (κ3) is 4.05. The Bertz CT molecular complexity index is 1140. The first-order chi connectivity index (χ1) is 13.3. The molecule has 0 aliphatic heterocycles. The van der Waals surface area contributed by atoms with E-state index < -0.39 is 14.9 Å². The number of methoxy groups -OCH3 is 2. The van der Waals surface area contributed by atoms with Crippen molar-refractivity contribution in [1.29, 1.82) is 0 Å². The Hall–Kier alpha value is -3.17. The summed E-state index contributed by atoms with van der Waals surface area (Å²) in [5, 5.41) is 12.9. The highest BCUT2D eigenvalue weighted by atomic mass is 32.2. The minimum Gasteiger partial charge on any atom is -0.497 e. The van der Waals surface area contributed by atoms with E-state index in [1.807, 2.05) is 30.3 Å². The van der Waals surface area contributed by atoms with Crippen LogP contribution < -0.4 is 14.2 Å². The van der Waals surface area contributed by atoms with Gasteiger partial charge in [-0.2, -0.15) is 0 Å². The molecule has 9 heteroatoms. The number of nitro benzene ring substituents is 1. The third-order valence-corrected chi connectivity index (χ3v) is 5.65. The standard InChI is InChI=1S/C19H18N2O6S/c1-26-17-7-5-14-9-13(3-4-15(14)10-17)12-20-28(24,25)19-11-16(21(22)23)6-8-18(19)27-2/h3-11,20H,12H2,1-2H3. The van der Waals surface area contributed by atoms with Crippen molar-refractivity contribution in [3.05, 3.63) is 70.3 Å². The zero-order valence-corrected chi connectivity index (χ0v) is 16.0. The van der Waals surface area contributed by atoms with Crippen molar-refractivity contribution >= 4 is 26.5 Å². The highest BCUT2D eigenvalue weighted by molar-refractivity contribution is 7.89. The van der Waals surface area contributed by atoms with Crippen LogP contribution in [0.1, 0.15) is 5.56 Å². The molecule has 0 saturated heterocycles. The first-order valence-electron chi connectivity index (χ1n) is 8.23. The number of ether oxygens (including phenoxy) is 2. The van der Waals surface area contributed by atoms with Gasteiger partial charge in [-0.05, 0) is 40.6 Å². The van der Waals surface area contributed by atoms with Crippen LogP contribution in [-0.4, -0.2) is 27.6 Å². The summed E-state index contributed by atoms with van der Waals surface area (Å²) in [5.74, 6) is 0.766. The van der Waals surface area contributed by atoms with Gasteiger partial charge in [0.25, 0.3) is 5.69 Å². The number of hydrogen-bond acceptors (Lipinski definition) is 6. The van der Waals surface area contributed by atoms with Gasteiger partial charge < -0.3 is 9.47 Å².